The van der Waals surface area contributed by atoms with Crippen molar-refractivity contribution in [2.24, 2.45) is 0 Å². The van der Waals surface area contributed by atoms with Gasteiger partial charge in [-0.15, -0.1) is 0 Å². The highest BCUT2D eigenvalue weighted by atomic mass is 79.9. The molecular weight excluding hydrogens is 374 g/mol. The average Bonchev–Trinajstić information content (AvgIpc) is 2.90. The zero-order chi connectivity index (χ0) is 16.6. The smallest absolute Gasteiger partial charge is 0.357 e. The Balaban J connectivity index is 2.06. The Morgan fingerprint density at radius 2 is 1.87 bits per heavy atom. The van der Waals surface area contributed by atoms with E-state index in [1.165, 1.54) is 12.2 Å². The molecule has 0 spiro atoms. The molecule has 2 aromatic rings. The summed E-state index contributed by atoms with van der Waals surface area (Å²) in [5.74, 6) is 1.10. The number of hydrogen-bond donors (Lipinski definition) is 2. The molecule has 0 saturated heterocycles. The van der Waals surface area contributed by atoms with Crippen LogP contribution in [0.1, 0.15) is 11.3 Å². The summed E-state index contributed by atoms with van der Waals surface area (Å²) < 4.78 is 11.1. The molecule has 9 nitrogen and oxygen atoms in total. The first-order valence-corrected chi connectivity index (χ1v) is 7.03. The molecule has 1 aromatic carbocycles. The van der Waals surface area contributed by atoms with E-state index in [1.54, 1.807) is 12.1 Å². The number of ether oxygens (including phenoxy) is 2. The third-order valence-electron chi connectivity index (χ3n) is 3.05. The third-order valence-corrected chi connectivity index (χ3v) is 3.74. The molecular formula is C13H8BrN3O6. The number of rotatable bonds is 3. The maximum Gasteiger partial charge on any atom is 0.357 e. The maximum absolute atomic E-state index is 11.5. The molecule has 0 unspecified atom stereocenters. The van der Waals surface area contributed by atoms with Crippen LogP contribution >= 0.6 is 15.9 Å². The van der Waals surface area contributed by atoms with Gasteiger partial charge in [-0.3, -0.25) is 19.9 Å². The second kappa shape index (κ2) is 5.72. The first-order chi connectivity index (χ1) is 11.0. The summed E-state index contributed by atoms with van der Waals surface area (Å²) in [5.41, 5.74) is -2.20. The fourth-order valence-electron chi connectivity index (χ4n) is 2.03. The fraction of sp³-hybridized carbons (Fsp3) is 0.0769. The van der Waals surface area contributed by atoms with Crippen molar-refractivity contribution in [3.8, 4) is 11.5 Å². The topological polar surface area (TPSA) is 127 Å². The lowest BCUT2D eigenvalue weighted by Gasteiger charge is -2.02. The van der Waals surface area contributed by atoms with Crippen LogP contribution in [0, 0.1) is 10.1 Å². The fourth-order valence-corrected chi connectivity index (χ4v) is 2.49. The van der Waals surface area contributed by atoms with Crippen LogP contribution in [0.5, 0.6) is 11.5 Å². The normalized spacial score (nSPS) is 12.7. The summed E-state index contributed by atoms with van der Waals surface area (Å²) in [7, 11) is 0. The van der Waals surface area contributed by atoms with Gasteiger partial charge in [0.15, 0.2) is 11.5 Å². The van der Waals surface area contributed by atoms with Gasteiger partial charge in [0, 0.05) is 4.47 Å². The molecule has 1 aliphatic rings. The van der Waals surface area contributed by atoms with Crippen molar-refractivity contribution >= 4 is 33.8 Å². The Bertz CT molecular complexity index is 946. The van der Waals surface area contributed by atoms with E-state index in [1.807, 2.05) is 4.98 Å². The molecule has 1 aliphatic heterocycles. The van der Waals surface area contributed by atoms with Gasteiger partial charge in [0.2, 0.25) is 6.79 Å². The predicted octanol–water partition coefficient (Wildman–Crippen LogP) is 1.63. The van der Waals surface area contributed by atoms with Crippen molar-refractivity contribution < 1.29 is 14.4 Å². The number of nitro groups is 1. The number of aromatic amines is 2. The lowest BCUT2D eigenvalue weighted by atomic mass is 10.1. The van der Waals surface area contributed by atoms with Crippen LogP contribution in [0.2, 0.25) is 0 Å². The van der Waals surface area contributed by atoms with Gasteiger partial charge in [0.1, 0.15) is 5.69 Å². The molecule has 0 fully saturated rings. The van der Waals surface area contributed by atoms with E-state index in [4.69, 9.17) is 9.47 Å². The van der Waals surface area contributed by atoms with Crippen molar-refractivity contribution in [1.29, 1.82) is 0 Å². The first kappa shape index (κ1) is 15.0. The summed E-state index contributed by atoms with van der Waals surface area (Å²) in [5, 5.41) is 11.0. The first-order valence-electron chi connectivity index (χ1n) is 6.24. The number of fused-ring (bicyclic) bond motifs is 1. The van der Waals surface area contributed by atoms with Gasteiger partial charge in [-0.25, -0.2) is 4.79 Å². The summed E-state index contributed by atoms with van der Waals surface area (Å²) in [6, 6.07) is 3.36. The van der Waals surface area contributed by atoms with Gasteiger partial charge in [-0.1, -0.05) is 22.0 Å². The van der Waals surface area contributed by atoms with E-state index in [0.29, 0.717) is 21.5 Å². The van der Waals surface area contributed by atoms with E-state index in [9.17, 15) is 19.7 Å². The Morgan fingerprint density at radius 3 is 2.57 bits per heavy atom. The van der Waals surface area contributed by atoms with Crippen molar-refractivity contribution in [3.05, 3.63) is 58.8 Å². The number of H-pyrrole nitrogens is 2. The summed E-state index contributed by atoms with van der Waals surface area (Å²) in [4.78, 5) is 37.0. The van der Waals surface area contributed by atoms with E-state index in [2.05, 4.69) is 20.9 Å². The van der Waals surface area contributed by atoms with Gasteiger partial charge in [-0.05, 0) is 23.8 Å². The lowest BCUT2D eigenvalue weighted by molar-refractivity contribution is -0.386. The van der Waals surface area contributed by atoms with Crippen molar-refractivity contribution in [1.82, 2.24) is 9.97 Å². The number of nitrogens with zero attached hydrogens (tertiary/aromatic N) is 1. The third kappa shape index (κ3) is 2.88. The zero-order valence-corrected chi connectivity index (χ0v) is 12.9. The van der Waals surface area contributed by atoms with Crippen LogP contribution < -0.4 is 20.7 Å². The van der Waals surface area contributed by atoms with Gasteiger partial charge in [-0.2, -0.15) is 0 Å². The summed E-state index contributed by atoms with van der Waals surface area (Å²) in [6.07, 6.45) is 2.78. The van der Waals surface area contributed by atoms with Crippen LogP contribution in [-0.4, -0.2) is 21.7 Å². The van der Waals surface area contributed by atoms with Crippen LogP contribution in [0.4, 0.5) is 5.69 Å². The summed E-state index contributed by atoms with van der Waals surface area (Å²) >= 11 is 3.34. The monoisotopic (exact) mass is 381 g/mol. The number of hydrogen-bond acceptors (Lipinski definition) is 6. The van der Waals surface area contributed by atoms with Crippen molar-refractivity contribution in [2.75, 3.05) is 6.79 Å². The largest absolute Gasteiger partial charge is 0.454 e. The molecule has 0 amide bonds. The van der Waals surface area contributed by atoms with Gasteiger partial charge in [0.25, 0.3) is 0 Å². The number of nitrogens with one attached hydrogen (secondary N) is 2. The Morgan fingerprint density at radius 1 is 1.17 bits per heavy atom. The van der Waals surface area contributed by atoms with Crippen LogP contribution in [0.15, 0.2) is 26.2 Å². The van der Waals surface area contributed by atoms with E-state index >= 15 is 0 Å². The molecule has 0 radical (unpaired) electrons. The number of halogens is 1. The van der Waals surface area contributed by atoms with Gasteiger partial charge >= 0.3 is 16.9 Å². The molecule has 3 rings (SSSR count). The number of aromatic nitrogens is 2. The predicted molar refractivity (Wildman–Crippen MR) is 83.5 cm³/mol. The second-order valence-electron chi connectivity index (χ2n) is 4.49. The molecule has 2 N–H and O–H groups in total. The molecule has 10 heteroatoms. The molecule has 1 aromatic heterocycles. The van der Waals surface area contributed by atoms with Crippen LogP contribution in [0.3, 0.4) is 0 Å². The second-order valence-corrected chi connectivity index (χ2v) is 5.34. The molecule has 0 aliphatic carbocycles. The Labute approximate surface area is 135 Å². The summed E-state index contributed by atoms with van der Waals surface area (Å²) in [6.45, 7) is 0.113. The van der Waals surface area contributed by atoms with Crippen LogP contribution in [0.25, 0.3) is 12.2 Å². The van der Waals surface area contributed by atoms with E-state index in [0.717, 1.165) is 0 Å². The highest BCUT2D eigenvalue weighted by molar-refractivity contribution is 9.10. The molecule has 23 heavy (non-hydrogen) atoms. The molecule has 118 valence electrons. The average molecular weight is 382 g/mol. The number of benzene rings is 1. The van der Waals surface area contributed by atoms with Gasteiger partial charge in [0.05, 0.1) is 4.92 Å². The maximum atomic E-state index is 11.5. The highest BCUT2D eigenvalue weighted by Crippen LogP contribution is 2.37. The van der Waals surface area contributed by atoms with Crippen molar-refractivity contribution in [2.45, 2.75) is 0 Å². The Hall–Kier alpha value is -2.88. The minimum absolute atomic E-state index is 0.113. The van der Waals surface area contributed by atoms with Gasteiger partial charge < -0.3 is 14.5 Å². The lowest BCUT2D eigenvalue weighted by Crippen LogP contribution is -2.25. The minimum atomic E-state index is -1.07. The standard InChI is InChI=1S/C13H8BrN3O6/c14-7-4-10-9(22-5-23-10)3-6(7)1-2-8-11(17(20)21)12(18)16-13(19)15-8/h1-4H,5H2,(H2,15,16,18,19). The molecule has 0 atom stereocenters. The van der Waals surface area contributed by atoms with Crippen LogP contribution in [-0.2, 0) is 0 Å². The highest BCUT2D eigenvalue weighted by Gasteiger charge is 2.19. The minimum Gasteiger partial charge on any atom is -0.454 e. The van der Waals surface area contributed by atoms with Crippen molar-refractivity contribution in [3.63, 3.8) is 0 Å². The Kier molecular flexibility index (Phi) is 3.74. The quantitative estimate of drug-likeness (QED) is 0.614. The zero-order valence-electron chi connectivity index (χ0n) is 11.3. The van der Waals surface area contributed by atoms with E-state index in [-0.39, 0.29) is 12.5 Å². The molecule has 0 saturated carbocycles. The molecule has 0 bridgehead atoms. The molecule has 2 heterocycles. The SMILES string of the molecule is O=c1[nH]c(C=Cc2cc3c(cc2Br)OCO3)c([N+](=O)[O-])c(=O)[nH]1. The van der Waals surface area contributed by atoms with E-state index < -0.39 is 21.9 Å².